The van der Waals surface area contributed by atoms with Gasteiger partial charge in [-0.05, 0) is 31.2 Å². The third-order valence-electron chi connectivity index (χ3n) is 4.84. The van der Waals surface area contributed by atoms with Gasteiger partial charge in [-0.2, -0.15) is 18.3 Å². The molecule has 0 bridgehead atoms. The predicted molar refractivity (Wildman–Crippen MR) is 106 cm³/mol. The van der Waals surface area contributed by atoms with E-state index in [9.17, 15) is 32.3 Å². The maximum Gasteiger partial charge on any atom is 0.434 e. The highest BCUT2D eigenvalue weighted by Crippen LogP contribution is 2.34. The summed E-state index contributed by atoms with van der Waals surface area (Å²) in [6.07, 6.45) is -4.16. The monoisotopic (exact) mass is 461 g/mol. The van der Waals surface area contributed by atoms with E-state index < -0.39 is 40.8 Å². The first-order valence-corrected chi connectivity index (χ1v) is 9.39. The molecular formula is C20H14F3N5O5. The van der Waals surface area contributed by atoms with Crippen molar-refractivity contribution in [3.63, 3.8) is 0 Å². The summed E-state index contributed by atoms with van der Waals surface area (Å²) < 4.78 is 47.2. The van der Waals surface area contributed by atoms with Crippen LogP contribution >= 0.6 is 0 Å². The zero-order valence-corrected chi connectivity index (χ0v) is 16.8. The minimum absolute atomic E-state index is 0.0673. The number of amides is 2. The van der Waals surface area contributed by atoms with Crippen LogP contribution in [0, 0.1) is 0 Å². The number of pyridine rings is 1. The molecule has 0 aliphatic carbocycles. The predicted octanol–water partition coefficient (Wildman–Crippen LogP) is 1.68. The van der Waals surface area contributed by atoms with Crippen LogP contribution in [-0.4, -0.2) is 38.7 Å². The molecule has 10 nitrogen and oxygen atoms in total. The molecule has 0 fully saturated rings. The lowest BCUT2D eigenvalue weighted by molar-refractivity contribution is -0.143. The van der Waals surface area contributed by atoms with E-state index in [0.29, 0.717) is 4.68 Å². The summed E-state index contributed by atoms with van der Waals surface area (Å²) in [6.45, 7) is 1.34. The molecule has 3 N–H and O–H groups in total. The summed E-state index contributed by atoms with van der Waals surface area (Å²) >= 11 is 0. The normalized spacial score (nSPS) is 13.1. The number of halogens is 3. The third kappa shape index (κ3) is 3.52. The molecule has 0 saturated heterocycles. The Morgan fingerprint density at radius 3 is 2.36 bits per heavy atom. The molecule has 2 aromatic heterocycles. The van der Waals surface area contributed by atoms with Crippen molar-refractivity contribution in [1.82, 2.24) is 19.7 Å². The quantitative estimate of drug-likeness (QED) is 0.445. The van der Waals surface area contributed by atoms with Crippen molar-refractivity contribution >= 4 is 23.6 Å². The number of esters is 1. The van der Waals surface area contributed by atoms with Gasteiger partial charge in [0.15, 0.2) is 5.69 Å². The number of ether oxygens (including phenoxy) is 1. The number of rotatable bonds is 4. The molecule has 2 amide bonds. The van der Waals surface area contributed by atoms with Crippen LogP contribution in [0.25, 0.3) is 11.4 Å². The SMILES string of the molecule is CCOC(=O)c1cnn(-c2ccc(-n3c(N)c4c(cc3=O)C(=O)NC4=O)cc2)c1C(F)(F)F. The van der Waals surface area contributed by atoms with Crippen molar-refractivity contribution in [1.29, 1.82) is 0 Å². The summed E-state index contributed by atoms with van der Waals surface area (Å²) in [5.41, 5.74) is 2.89. The first kappa shape index (κ1) is 21.8. The van der Waals surface area contributed by atoms with E-state index >= 15 is 0 Å². The fourth-order valence-corrected chi connectivity index (χ4v) is 3.46. The highest BCUT2D eigenvalue weighted by molar-refractivity contribution is 6.23. The van der Waals surface area contributed by atoms with Gasteiger partial charge in [-0.1, -0.05) is 0 Å². The number of carbonyl (C=O) groups is 3. The van der Waals surface area contributed by atoms with Crippen molar-refractivity contribution in [2.75, 3.05) is 12.3 Å². The lowest BCUT2D eigenvalue weighted by atomic mass is 10.1. The van der Waals surface area contributed by atoms with Gasteiger partial charge in [-0.15, -0.1) is 0 Å². The maximum absolute atomic E-state index is 13.7. The number of hydrogen-bond donors (Lipinski definition) is 2. The molecule has 170 valence electrons. The fourth-order valence-electron chi connectivity index (χ4n) is 3.46. The van der Waals surface area contributed by atoms with Gasteiger partial charge in [-0.3, -0.25) is 24.3 Å². The number of carbonyl (C=O) groups excluding carboxylic acids is 3. The van der Waals surface area contributed by atoms with E-state index in [-0.39, 0.29) is 34.9 Å². The smallest absolute Gasteiger partial charge is 0.434 e. The molecule has 1 aliphatic heterocycles. The summed E-state index contributed by atoms with van der Waals surface area (Å²) in [7, 11) is 0. The van der Waals surface area contributed by atoms with E-state index in [1.54, 1.807) is 0 Å². The van der Waals surface area contributed by atoms with Gasteiger partial charge in [0, 0.05) is 6.07 Å². The van der Waals surface area contributed by atoms with E-state index in [4.69, 9.17) is 5.73 Å². The highest BCUT2D eigenvalue weighted by Gasteiger charge is 2.41. The number of benzene rings is 1. The van der Waals surface area contributed by atoms with Crippen molar-refractivity contribution in [3.8, 4) is 11.4 Å². The van der Waals surface area contributed by atoms with Crippen LogP contribution in [0.15, 0.2) is 41.3 Å². The second-order valence-corrected chi connectivity index (χ2v) is 6.83. The number of hydrogen-bond acceptors (Lipinski definition) is 7. The van der Waals surface area contributed by atoms with Crippen LogP contribution in [0.1, 0.15) is 43.7 Å². The van der Waals surface area contributed by atoms with E-state index in [1.807, 2.05) is 5.32 Å². The topological polar surface area (TPSA) is 138 Å². The molecule has 4 rings (SSSR count). The molecule has 1 aliphatic rings. The number of nitrogens with two attached hydrogens (primary N) is 1. The Balaban J connectivity index is 1.80. The number of anilines is 1. The number of nitrogens with zero attached hydrogens (tertiary/aromatic N) is 3. The van der Waals surface area contributed by atoms with Crippen LogP contribution in [0.3, 0.4) is 0 Å². The molecule has 0 saturated carbocycles. The molecule has 0 atom stereocenters. The van der Waals surface area contributed by atoms with E-state index in [1.165, 1.54) is 31.2 Å². The maximum atomic E-state index is 13.7. The first-order chi connectivity index (χ1) is 15.5. The van der Waals surface area contributed by atoms with Crippen molar-refractivity contribution in [3.05, 3.63) is 69.3 Å². The second kappa shape index (κ2) is 7.62. The largest absolute Gasteiger partial charge is 0.462 e. The molecular weight excluding hydrogens is 447 g/mol. The fraction of sp³-hybridized carbons (Fsp3) is 0.150. The van der Waals surface area contributed by atoms with Gasteiger partial charge < -0.3 is 10.5 Å². The van der Waals surface area contributed by atoms with Gasteiger partial charge in [0.05, 0.1) is 35.3 Å². The lowest BCUT2D eigenvalue weighted by Crippen LogP contribution is -2.24. The molecule has 0 radical (unpaired) electrons. The molecule has 0 unspecified atom stereocenters. The molecule has 33 heavy (non-hydrogen) atoms. The number of nitrogens with one attached hydrogen (secondary N) is 1. The summed E-state index contributed by atoms with van der Waals surface area (Å²) in [6, 6.07) is 5.94. The number of fused-ring (bicyclic) bond motifs is 1. The Labute approximate surface area is 182 Å². The lowest BCUT2D eigenvalue weighted by Gasteiger charge is -2.14. The van der Waals surface area contributed by atoms with Gasteiger partial charge in [-0.25, -0.2) is 9.48 Å². The Kier molecular flexibility index (Phi) is 5.03. The standard InChI is InChI=1S/C20H14F3N5O5/c1-2-33-19(32)12-8-25-28(15(12)20(21,22)23)10-5-3-9(4-6-10)27-13(29)7-11-14(16(27)24)18(31)26-17(11)30/h3-8H,2,24H2,1H3,(H,26,30,31). The molecule has 1 aromatic carbocycles. The molecule has 13 heteroatoms. The minimum Gasteiger partial charge on any atom is -0.462 e. The van der Waals surface area contributed by atoms with Gasteiger partial charge >= 0.3 is 12.1 Å². The summed E-state index contributed by atoms with van der Waals surface area (Å²) in [5.74, 6) is -2.99. The molecule has 0 spiro atoms. The van der Waals surface area contributed by atoms with Crippen LogP contribution in [0.4, 0.5) is 19.0 Å². The average molecular weight is 461 g/mol. The van der Waals surface area contributed by atoms with Crippen molar-refractivity contribution < 1.29 is 32.3 Å². The first-order valence-electron chi connectivity index (χ1n) is 9.39. The van der Waals surface area contributed by atoms with Crippen LogP contribution in [-0.2, 0) is 10.9 Å². The number of alkyl halides is 3. The van der Waals surface area contributed by atoms with Gasteiger partial charge in [0.2, 0.25) is 0 Å². The molecule has 3 heterocycles. The second-order valence-electron chi connectivity index (χ2n) is 6.83. The number of nitrogen functional groups attached to an aromatic ring is 1. The summed E-state index contributed by atoms with van der Waals surface area (Å²) in [5, 5.41) is 5.71. The average Bonchev–Trinajstić information content (AvgIpc) is 3.30. The zero-order valence-electron chi connectivity index (χ0n) is 16.8. The Hall–Kier alpha value is -4.42. The van der Waals surface area contributed by atoms with Crippen molar-refractivity contribution in [2.45, 2.75) is 13.1 Å². The molecule has 3 aromatic rings. The van der Waals surface area contributed by atoms with Gasteiger partial charge in [0.25, 0.3) is 17.4 Å². The van der Waals surface area contributed by atoms with Gasteiger partial charge in [0.1, 0.15) is 11.4 Å². The number of imide groups is 1. The Bertz CT molecular complexity index is 1370. The van der Waals surface area contributed by atoms with Crippen LogP contribution in [0.2, 0.25) is 0 Å². The zero-order chi connectivity index (χ0) is 24.1. The van der Waals surface area contributed by atoms with Crippen LogP contribution < -0.4 is 16.6 Å². The highest BCUT2D eigenvalue weighted by atomic mass is 19.4. The minimum atomic E-state index is -4.92. The van der Waals surface area contributed by atoms with Crippen LogP contribution in [0.5, 0.6) is 0 Å². The Morgan fingerprint density at radius 1 is 1.12 bits per heavy atom. The van der Waals surface area contributed by atoms with E-state index in [0.717, 1.165) is 16.8 Å². The number of aromatic nitrogens is 3. The van der Waals surface area contributed by atoms with Crippen molar-refractivity contribution in [2.24, 2.45) is 0 Å². The Morgan fingerprint density at radius 2 is 1.76 bits per heavy atom. The third-order valence-corrected chi connectivity index (χ3v) is 4.84. The van der Waals surface area contributed by atoms with E-state index in [2.05, 4.69) is 9.84 Å². The summed E-state index contributed by atoms with van der Waals surface area (Å²) in [4.78, 5) is 48.2.